The molecule has 0 spiro atoms. The van der Waals surface area contributed by atoms with Crippen molar-refractivity contribution in [3.8, 4) is 0 Å². The van der Waals surface area contributed by atoms with Gasteiger partial charge in [0.05, 0.1) is 9.35 Å². The number of amides is 2. The average Bonchev–Trinajstić information content (AvgIpc) is 2.75. The van der Waals surface area contributed by atoms with Crippen LogP contribution in [0.2, 0.25) is 0 Å². The van der Waals surface area contributed by atoms with E-state index in [1.54, 1.807) is 35.7 Å². The smallest absolute Gasteiger partial charge is 0.256 e. The van der Waals surface area contributed by atoms with Gasteiger partial charge in [-0.15, -0.1) is 11.3 Å². The Morgan fingerprint density at radius 3 is 2.42 bits per heavy atom. The number of rotatable bonds is 3. The Labute approximate surface area is 123 Å². The highest BCUT2D eigenvalue weighted by atomic mass is 79.9. The molecule has 19 heavy (non-hydrogen) atoms. The number of nitrogens with one attached hydrogen (secondary N) is 2. The van der Waals surface area contributed by atoms with E-state index >= 15 is 0 Å². The fraction of sp³-hybridized carbons (Fsp3) is 0.0769. The Morgan fingerprint density at radius 1 is 1.16 bits per heavy atom. The summed E-state index contributed by atoms with van der Waals surface area (Å²) in [6.45, 7) is 1.44. The zero-order valence-electron chi connectivity index (χ0n) is 10.1. The van der Waals surface area contributed by atoms with Gasteiger partial charge in [0.2, 0.25) is 5.91 Å². The number of hydrogen-bond donors (Lipinski definition) is 2. The lowest BCUT2D eigenvalue weighted by atomic mass is 10.2. The van der Waals surface area contributed by atoms with Gasteiger partial charge in [-0.2, -0.15) is 0 Å². The Bertz CT molecular complexity index is 625. The third-order valence-corrected chi connectivity index (χ3v) is 3.77. The topological polar surface area (TPSA) is 58.2 Å². The maximum atomic E-state index is 11.9. The fourth-order valence-electron chi connectivity index (χ4n) is 1.51. The number of carbonyl (C=O) groups excluding carboxylic acids is 2. The predicted octanol–water partition coefficient (Wildman–Crippen LogP) is 3.72. The molecule has 2 aromatic rings. The van der Waals surface area contributed by atoms with E-state index in [0.29, 0.717) is 16.9 Å². The SMILES string of the molecule is CC(=O)Nc1cccc(NC(=O)c2csc(Br)c2)c1. The standard InChI is InChI=1S/C13H11BrN2O2S/c1-8(17)15-10-3-2-4-11(6-10)16-13(18)9-5-12(14)19-7-9/h2-7H,1H3,(H,15,17)(H,16,18). The van der Waals surface area contributed by atoms with E-state index in [9.17, 15) is 9.59 Å². The fourth-order valence-corrected chi connectivity index (χ4v) is 2.65. The first-order valence-electron chi connectivity index (χ1n) is 5.47. The Balaban J connectivity index is 2.10. The monoisotopic (exact) mass is 338 g/mol. The van der Waals surface area contributed by atoms with Crippen molar-refractivity contribution in [3.63, 3.8) is 0 Å². The summed E-state index contributed by atoms with van der Waals surface area (Å²) in [6.07, 6.45) is 0. The number of anilines is 2. The highest BCUT2D eigenvalue weighted by molar-refractivity contribution is 9.11. The molecule has 0 aliphatic rings. The number of thiophene rings is 1. The zero-order valence-corrected chi connectivity index (χ0v) is 12.5. The number of halogens is 1. The van der Waals surface area contributed by atoms with E-state index in [1.807, 2.05) is 0 Å². The Kier molecular flexibility index (Phi) is 4.34. The van der Waals surface area contributed by atoms with Gasteiger partial charge < -0.3 is 10.6 Å². The van der Waals surface area contributed by atoms with Gasteiger partial charge in [-0.3, -0.25) is 9.59 Å². The molecule has 6 heteroatoms. The number of benzene rings is 1. The molecule has 0 fully saturated rings. The van der Waals surface area contributed by atoms with Gasteiger partial charge in [-0.1, -0.05) is 6.07 Å². The molecule has 0 bridgehead atoms. The lowest BCUT2D eigenvalue weighted by molar-refractivity contribution is -0.114. The van der Waals surface area contributed by atoms with Crippen LogP contribution in [0, 0.1) is 0 Å². The van der Waals surface area contributed by atoms with Gasteiger partial charge in [0.1, 0.15) is 0 Å². The quantitative estimate of drug-likeness (QED) is 0.895. The Morgan fingerprint density at radius 2 is 1.84 bits per heavy atom. The van der Waals surface area contributed by atoms with Crippen molar-refractivity contribution in [2.45, 2.75) is 6.92 Å². The van der Waals surface area contributed by atoms with Crippen LogP contribution >= 0.6 is 27.3 Å². The molecular weight excluding hydrogens is 328 g/mol. The number of carbonyl (C=O) groups is 2. The van der Waals surface area contributed by atoms with Gasteiger partial charge in [0.25, 0.3) is 5.91 Å². The average molecular weight is 339 g/mol. The van der Waals surface area contributed by atoms with E-state index in [4.69, 9.17) is 0 Å². The van der Waals surface area contributed by atoms with Gasteiger partial charge >= 0.3 is 0 Å². The zero-order chi connectivity index (χ0) is 13.8. The summed E-state index contributed by atoms with van der Waals surface area (Å²) >= 11 is 4.77. The second-order valence-electron chi connectivity index (χ2n) is 3.86. The molecule has 1 aromatic heterocycles. The van der Waals surface area contributed by atoms with Gasteiger partial charge in [-0.05, 0) is 40.2 Å². The summed E-state index contributed by atoms with van der Waals surface area (Å²) in [5, 5.41) is 7.22. The third kappa shape index (κ3) is 3.90. The minimum Gasteiger partial charge on any atom is -0.326 e. The largest absolute Gasteiger partial charge is 0.326 e. The van der Waals surface area contributed by atoms with Crippen molar-refractivity contribution in [3.05, 3.63) is 45.1 Å². The minimum absolute atomic E-state index is 0.148. The molecule has 0 saturated heterocycles. The highest BCUT2D eigenvalue weighted by Crippen LogP contribution is 2.22. The summed E-state index contributed by atoms with van der Waals surface area (Å²) in [5.41, 5.74) is 1.89. The minimum atomic E-state index is -0.179. The first-order chi connectivity index (χ1) is 9.04. The lowest BCUT2D eigenvalue weighted by Crippen LogP contribution is -2.11. The molecule has 2 rings (SSSR count). The van der Waals surface area contributed by atoms with Crippen LogP contribution in [0.3, 0.4) is 0 Å². The molecule has 2 amide bonds. The molecule has 0 atom stereocenters. The second-order valence-corrected chi connectivity index (χ2v) is 6.15. The van der Waals surface area contributed by atoms with Crippen molar-refractivity contribution >= 4 is 50.5 Å². The summed E-state index contributed by atoms with van der Waals surface area (Å²) < 4.78 is 0.907. The normalized spacial score (nSPS) is 10.0. The highest BCUT2D eigenvalue weighted by Gasteiger charge is 2.08. The summed E-state index contributed by atoms with van der Waals surface area (Å²) in [6, 6.07) is 8.77. The van der Waals surface area contributed by atoms with Crippen LogP contribution in [0.4, 0.5) is 11.4 Å². The van der Waals surface area contributed by atoms with E-state index in [-0.39, 0.29) is 11.8 Å². The first-order valence-corrected chi connectivity index (χ1v) is 7.15. The van der Waals surface area contributed by atoms with Crippen molar-refractivity contribution in [1.29, 1.82) is 0 Å². The van der Waals surface area contributed by atoms with Crippen LogP contribution in [-0.4, -0.2) is 11.8 Å². The molecule has 2 N–H and O–H groups in total. The van der Waals surface area contributed by atoms with E-state index in [1.165, 1.54) is 18.3 Å². The van der Waals surface area contributed by atoms with E-state index in [2.05, 4.69) is 26.6 Å². The van der Waals surface area contributed by atoms with Crippen LogP contribution in [0.15, 0.2) is 39.5 Å². The summed E-state index contributed by atoms with van der Waals surface area (Å²) in [4.78, 5) is 22.9. The summed E-state index contributed by atoms with van der Waals surface area (Å²) in [7, 11) is 0. The molecule has 0 aliphatic heterocycles. The molecule has 0 saturated carbocycles. The second kappa shape index (κ2) is 5.99. The van der Waals surface area contributed by atoms with Gasteiger partial charge in [0, 0.05) is 23.7 Å². The van der Waals surface area contributed by atoms with Crippen LogP contribution in [0.5, 0.6) is 0 Å². The summed E-state index contributed by atoms with van der Waals surface area (Å²) in [5.74, 6) is -0.327. The molecular formula is C13H11BrN2O2S. The lowest BCUT2D eigenvalue weighted by Gasteiger charge is -2.07. The third-order valence-electron chi connectivity index (χ3n) is 2.27. The van der Waals surface area contributed by atoms with E-state index < -0.39 is 0 Å². The first kappa shape index (κ1) is 13.8. The molecule has 1 heterocycles. The van der Waals surface area contributed by atoms with Crippen LogP contribution in [0.25, 0.3) is 0 Å². The van der Waals surface area contributed by atoms with Crippen molar-refractivity contribution in [2.75, 3.05) is 10.6 Å². The maximum absolute atomic E-state index is 11.9. The van der Waals surface area contributed by atoms with Crippen molar-refractivity contribution in [2.24, 2.45) is 0 Å². The molecule has 1 aromatic carbocycles. The Hall–Kier alpha value is -1.66. The van der Waals surface area contributed by atoms with Crippen LogP contribution in [-0.2, 0) is 4.79 Å². The molecule has 0 unspecified atom stereocenters. The molecule has 4 nitrogen and oxygen atoms in total. The predicted molar refractivity (Wildman–Crippen MR) is 80.7 cm³/mol. The van der Waals surface area contributed by atoms with Crippen molar-refractivity contribution < 1.29 is 9.59 Å². The maximum Gasteiger partial charge on any atom is 0.256 e. The molecule has 98 valence electrons. The van der Waals surface area contributed by atoms with Crippen LogP contribution in [0.1, 0.15) is 17.3 Å². The van der Waals surface area contributed by atoms with Crippen LogP contribution < -0.4 is 10.6 Å². The van der Waals surface area contributed by atoms with Crippen molar-refractivity contribution in [1.82, 2.24) is 0 Å². The van der Waals surface area contributed by atoms with E-state index in [0.717, 1.165) is 3.79 Å². The molecule has 0 radical (unpaired) electrons. The molecule has 0 aliphatic carbocycles. The van der Waals surface area contributed by atoms with Gasteiger partial charge in [0.15, 0.2) is 0 Å². The van der Waals surface area contributed by atoms with Gasteiger partial charge in [-0.25, -0.2) is 0 Å². The number of hydrogen-bond acceptors (Lipinski definition) is 3.